The highest BCUT2D eigenvalue weighted by atomic mass is 35.5. The lowest BCUT2D eigenvalue weighted by Crippen LogP contribution is -2.37. The molecule has 3 rings (SSSR count). The molecule has 14 heavy (non-hydrogen) atoms. The first-order chi connectivity index (χ1) is 6.45. The van der Waals surface area contributed by atoms with E-state index in [2.05, 4.69) is 29.6 Å². The Morgan fingerprint density at radius 3 is 3.00 bits per heavy atom. The molecule has 0 spiro atoms. The number of fused-ring (bicyclic) bond motifs is 3. The van der Waals surface area contributed by atoms with Crippen LogP contribution in [0.5, 0.6) is 0 Å². The Hall–Kier alpha value is -0.530. The van der Waals surface area contributed by atoms with E-state index >= 15 is 0 Å². The van der Waals surface area contributed by atoms with Crippen molar-refractivity contribution in [2.75, 3.05) is 6.54 Å². The second kappa shape index (κ2) is 3.92. The quantitative estimate of drug-likeness (QED) is 0.693. The van der Waals surface area contributed by atoms with Gasteiger partial charge in [-0.15, -0.1) is 12.4 Å². The molecule has 1 aromatic carbocycles. The third-order valence-electron chi connectivity index (χ3n) is 3.48. The molecular formula is C12H16ClN. The molecule has 1 N–H and O–H groups in total. The molecule has 1 nitrogen and oxygen atoms in total. The summed E-state index contributed by atoms with van der Waals surface area (Å²) in [7, 11) is 0. The van der Waals surface area contributed by atoms with Gasteiger partial charge in [-0.25, -0.2) is 0 Å². The maximum absolute atomic E-state index is 3.63. The summed E-state index contributed by atoms with van der Waals surface area (Å²) in [6, 6.07) is 9.68. The fourth-order valence-electron chi connectivity index (χ4n) is 2.86. The molecule has 1 aliphatic carbocycles. The van der Waals surface area contributed by atoms with Gasteiger partial charge in [-0.1, -0.05) is 24.3 Å². The first kappa shape index (κ1) is 10.0. The minimum atomic E-state index is 0. The van der Waals surface area contributed by atoms with Gasteiger partial charge in [-0.2, -0.15) is 0 Å². The zero-order valence-corrected chi connectivity index (χ0v) is 9.02. The molecular weight excluding hydrogens is 194 g/mol. The molecule has 1 heterocycles. The lowest BCUT2D eigenvalue weighted by atomic mass is 9.90. The molecule has 2 heteroatoms. The maximum atomic E-state index is 3.63. The van der Waals surface area contributed by atoms with E-state index in [1.165, 1.54) is 25.8 Å². The molecule has 76 valence electrons. The van der Waals surface area contributed by atoms with E-state index in [-0.39, 0.29) is 12.4 Å². The van der Waals surface area contributed by atoms with Crippen LogP contribution in [0.2, 0.25) is 0 Å². The summed E-state index contributed by atoms with van der Waals surface area (Å²) in [6.45, 7) is 1.22. The van der Waals surface area contributed by atoms with Crippen LogP contribution in [0.4, 0.5) is 0 Å². The van der Waals surface area contributed by atoms with Crippen LogP contribution in [0.25, 0.3) is 0 Å². The topological polar surface area (TPSA) is 12.0 Å². The van der Waals surface area contributed by atoms with E-state index in [4.69, 9.17) is 0 Å². The molecule has 2 aliphatic rings. The Balaban J connectivity index is 0.000000750. The van der Waals surface area contributed by atoms with Crippen LogP contribution < -0.4 is 5.32 Å². The summed E-state index contributed by atoms with van der Waals surface area (Å²) < 4.78 is 0. The van der Waals surface area contributed by atoms with E-state index in [1.807, 2.05) is 0 Å². The van der Waals surface area contributed by atoms with Crippen molar-refractivity contribution >= 4 is 12.4 Å². The van der Waals surface area contributed by atoms with Crippen LogP contribution in [0.1, 0.15) is 29.9 Å². The minimum Gasteiger partial charge on any atom is -0.313 e. The predicted molar refractivity (Wildman–Crippen MR) is 61.2 cm³/mol. The standard InChI is InChI=1S/C12H15N.ClH/c1-2-5-10-9(4-1)8-12-11(10)6-3-7-13-12;/h1-2,4-5,11-13H,3,6-8H2;1H. The Bertz CT molecular complexity index is 324. The maximum Gasteiger partial charge on any atom is 0.0176 e. The van der Waals surface area contributed by atoms with Crippen molar-refractivity contribution in [1.82, 2.24) is 5.32 Å². The molecule has 1 aromatic rings. The lowest BCUT2D eigenvalue weighted by molar-refractivity contribution is 0.372. The third kappa shape index (κ3) is 1.45. The van der Waals surface area contributed by atoms with Crippen molar-refractivity contribution in [2.45, 2.75) is 31.2 Å². The van der Waals surface area contributed by atoms with Gasteiger partial charge in [0.05, 0.1) is 0 Å². The van der Waals surface area contributed by atoms with Crippen LogP contribution in [0.3, 0.4) is 0 Å². The van der Waals surface area contributed by atoms with Crippen molar-refractivity contribution in [3.8, 4) is 0 Å². The summed E-state index contributed by atoms with van der Waals surface area (Å²) in [6.07, 6.45) is 3.98. The highest BCUT2D eigenvalue weighted by Crippen LogP contribution is 2.37. The third-order valence-corrected chi connectivity index (χ3v) is 3.48. The number of rotatable bonds is 0. The number of hydrogen-bond donors (Lipinski definition) is 1. The number of nitrogens with one attached hydrogen (secondary N) is 1. The Morgan fingerprint density at radius 1 is 1.21 bits per heavy atom. The Labute approximate surface area is 91.3 Å². The molecule has 0 bridgehead atoms. The zero-order valence-electron chi connectivity index (χ0n) is 8.20. The fraction of sp³-hybridized carbons (Fsp3) is 0.500. The van der Waals surface area contributed by atoms with Gasteiger partial charge < -0.3 is 5.32 Å². The summed E-state index contributed by atoms with van der Waals surface area (Å²) in [4.78, 5) is 0. The molecule has 1 saturated heterocycles. The number of halogens is 1. The number of piperidine rings is 1. The molecule has 0 aromatic heterocycles. The van der Waals surface area contributed by atoms with Gasteiger partial charge in [-0.05, 0) is 42.9 Å². The normalized spacial score (nSPS) is 28.9. The largest absolute Gasteiger partial charge is 0.313 e. The summed E-state index contributed by atoms with van der Waals surface area (Å²) in [5.41, 5.74) is 3.19. The van der Waals surface area contributed by atoms with Crippen molar-refractivity contribution < 1.29 is 0 Å². The van der Waals surface area contributed by atoms with Gasteiger partial charge >= 0.3 is 0 Å². The van der Waals surface area contributed by atoms with Gasteiger partial charge in [0.1, 0.15) is 0 Å². The average molecular weight is 210 g/mol. The SMILES string of the molecule is Cl.c1ccc2c(c1)CC1NCCCC21. The van der Waals surface area contributed by atoms with E-state index < -0.39 is 0 Å². The first-order valence-electron chi connectivity index (χ1n) is 5.26. The summed E-state index contributed by atoms with van der Waals surface area (Å²) in [5, 5.41) is 3.63. The van der Waals surface area contributed by atoms with Crippen LogP contribution in [-0.2, 0) is 6.42 Å². The fourth-order valence-corrected chi connectivity index (χ4v) is 2.86. The highest BCUT2D eigenvalue weighted by Gasteiger charge is 2.33. The first-order valence-corrected chi connectivity index (χ1v) is 5.26. The second-order valence-corrected chi connectivity index (χ2v) is 4.21. The molecule has 2 atom stereocenters. The molecule has 2 unspecified atom stereocenters. The molecule has 0 saturated carbocycles. The molecule has 0 amide bonds. The van der Waals surface area contributed by atoms with Gasteiger partial charge in [0.15, 0.2) is 0 Å². The van der Waals surface area contributed by atoms with Crippen LogP contribution in [0, 0.1) is 0 Å². The van der Waals surface area contributed by atoms with Crippen molar-refractivity contribution in [1.29, 1.82) is 0 Å². The molecule has 0 radical (unpaired) electrons. The average Bonchev–Trinajstić information content (AvgIpc) is 2.56. The highest BCUT2D eigenvalue weighted by molar-refractivity contribution is 5.85. The summed E-state index contributed by atoms with van der Waals surface area (Å²) >= 11 is 0. The van der Waals surface area contributed by atoms with Gasteiger partial charge in [0, 0.05) is 6.04 Å². The zero-order chi connectivity index (χ0) is 8.67. The van der Waals surface area contributed by atoms with E-state index in [1.54, 1.807) is 11.1 Å². The van der Waals surface area contributed by atoms with Gasteiger partial charge in [-0.3, -0.25) is 0 Å². The molecule has 1 fully saturated rings. The van der Waals surface area contributed by atoms with E-state index in [9.17, 15) is 0 Å². The van der Waals surface area contributed by atoms with Crippen LogP contribution in [0.15, 0.2) is 24.3 Å². The van der Waals surface area contributed by atoms with Crippen molar-refractivity contribution in [3.05, 3.63) is 35.4 Å². The Morgan fingerprint density at radius 2 is 2.07 bits per heavy atom. The van der Waals surface area contributed by atoms with Gasteiger partial charge in [0.25, 0.3) is 0 Å². The number of hydrogen-bond acceptors (Lipinski definition) is 1. The van der Waals surface area contributed by atoms with E-state index in [0.717, 1.165) is 12.0 Å². The van der Waals surface area contributed by atoms with Crippen molar-refractivity contribution in [3.63, 3.8) is 0 Å². The Kier molecular flexibility index (Phi) is 2.80. The van der Waals surface area contributed by atoms with E-state index in [0.29, 0.717) is 0 Å². The number of benzene rings is 1. The van der Waals surface area contributed by atoms with Crippen LogP contribution >= 0.6 is 12.4 Å². The van der Waals surface area contributed by atoms with Crippen LogP contribution in [-0.4, -0.2) is 12.6 Å². The van der Waals surface area contributed by atoms with Gasteiger partial charge in [0.2, 0.25) is 0 Å². The minimum absolute atomic E-state index is 0. The summed E-state index contributed by atoms with van der Waals surface area (Å²) in [5.74, 6) is 0.810. The lowest BCUT2D eigenvalue weighted by Gasteiger charge is -2.26. The predicted octanol–water partition coefficient (Wildman–Crippen LogP) is 2.50. The monoisotopic (exact) mass is 209 g/mol. The smallest absolute Gasteiger partial charge is 0.0176 e. The van der Waals surface area contributed by atoms with Crippen molar-refractivity contribution in [2.24, 2.45) is 0 Å². The molecule has 1 aliphatic heterocycles. The second-order valence-electron chi connectivity index (χ2n) is 4.21.